The Morgan fingerprint density at radius 2 is 1.81 bits per heavy atom. The van der Waals surface area contributed by atoms with Crippen LogP contribution in [0.4, 0.5) is 8.78 Å². The molecule has 0 aliphatic carbocycles. The van der Waals surface area contributed by atoms with Crippen molar-refractivity contribution in [1.82, 2.24) is 15.1 Å². The van der Waals surface area contributed by atoms with Gasteiger partial charge in [-0.25, -0.2) is 8.78 Å². The minimum absolute atomic E-state index is 0.131. The quantitative estimate of drug-likeness (QED) is 0.624. The first-order valence-corrected chi connectivity index (χ1v) is 10.8. The van der Waals surface area contributed by atoms with Gasteiger partial charge in [0.25, 0.3) is 0 Å². The highest BCUT2D eigenvalue weighted by molar-refractivity contribution is 5.27. The van der Waals surface area contributed by atoms with Crippen molar-refractivity contribution in [2.45, 2.75) is 51.7 Å². The Bertz CT molecular complexity index is 839. The molecule has 0 radical (unpaired) electrons. The monoisotopic (exact) mass is 429 g/mol. The number of likely N-dealkylation sites (tertiary alicyclic amines) is 1. The zero-order valence-corrected chi connectivity index (χ0v) is 18.7. The van der Waals surface area contributed by atoms with Crippen molar-refractivity contribution in [3.63, 3.8) is 0 Å². The van der Waals surface area contributed by atoms with E-state index < -0.39 is 6.17 Å². The van der Waals surface area contributed by atoms with Crippen LogP contribution >= 0.6 is 0 Å². The van der Waals surface area contributed by atoms with E-state index in [0.29, 0.717) is 31.9 Å². The van der Waals surface area contributed by atoms with Crippen LogP contribution < -0.4 is 10.1 Å². The summed E-state index contributed by atoms with van der Waals surface area (Å²) in [5.74, 6) is 1.23. The molecule has 0 saturated carbocycles. The van der Waals surface area contributed by atoms with E-state index in [1.807, 2.05) is 55.0 Å². The van der Waals surface area contributed by atoms with Crippen LogP contribution in [0.2, 0.25) is 0 Å². The summed E-state index contributed by atoms with van der Waals surface area (Å²) in [6, 6.07) is 14.0. The second-order valence-corrected chi connectivity index (χ2v) is 8.50. The summed E-state index contributed by atoms with van der Waals surface area (Å²) in [5.41, 5.74) is 2.00. The van der Waals surface area contributed by atoms with Crippen LogP contribution in [0, 0.1) is 5.82 Å². The fourth-order valence-corrected chi connectivity index (χ4v) is 3.86. The van der Waals surface area contributed by atoms with E-state index in [4.69, 9.17) is 4.74 Å². The number of nitrogens with zero attached hydrogens (tertiary/aromatic N) is 2. The van der Waals surface area contributed by atoms with Gasteiger partial charge in [-0.2, -0.15) is 0 Å². The predicted molar refractivity (Wildman–Crippen MR) is 121 cm³/mol. The summed E-state index contributed by atoms with van der Waals surface area (Å²) in [7, 11) is 1.94. The molecule has 1 N–H and O–H groups in total. The molecule has 0 spiro atoms. The molecule has 1 fully saturated rings. The number of benzene rings is 2. The van der Waals surface area contributed by atoms with Gasteiger partial charge in [0.05, 0.1) is 18.0 Å². The van der Waals surface area contributed by atoms with Crippen molar-refractivity contribution < 1.29 is 13.5 Å². The molecule has 31 heavy (non-hydrogen) atoms. The zero-order chi connectivity index (χ0) is 22.4. The lowest BCUT2D eigenvalue weighted by atomic mass is 10.0. The minimum Gasteiger partial charge on any atom is -0.491 e. The summed E-state index contributed by atoms with van der Waals surface area (Å²) < 4.78 is 34.0. The number of rotatable bonds is 9. The number of nitrogens with one attached hydrogen (secondary N) is 1. The van der Waals surface area contributed by atoms with Crippen molar-refractivity contribution in [2.24, 2.45) is 0 Å². The van der Waals surface area contributed by atoms with Crippen molar-refractivity contribution >= 4 is 0 Å². The van der Waals surface area contributed by atoms with Crippen LogP contribution in [-0.4, -0.2) is 48.3 Å². The fourth-order valence-electron chi connectivity index (χ4n) is 3.86. The van der Waals surface area contributed by atoms with Crippen LogP contribution in [0.5, 0.6) is 5.75 Å². The molecule has 6 heteroatoms. The van der Waals surface area contributed by atoms with Crippen LogP contribution in [0.3, 0.4) is 0 Å². The van der Waals surface area contributed by atoms with E-state index >= 15 is 0 Å². The Morgan fingerprint density at radius 3 is 2.42 bits per heavy atom. The van der Waals surface area contributed by atoms with Gasteiger partial charge < -0.3 is 19.9 Å². The third-order valence-electron chi connectivity index (χ3n) is 5.52. The van der Waals surface area contributed by atoms with Gasteiger partial charge in [-0.1, -0.05) is 30.8 Å². The maximum atomic E-state index is 15.0. The first kappa shape index (κ1) is 23.1. The fraction of sp³-hybridized carbons (Fsp3) is 0.440. The molecule has 4 nitrogen and oxygen atoms in total. The molecule has 1 heterocycles. The first-order chi connectivity index (χ1) is 14.8. The molecule has 2 aromatic carbocycles. The Balaban J connectivity index is 1.68. The zero-order valence-electron chi connectivity index (χ0n) is 18.7. The predicted octanol–water partition coefficient (Wildman–Crippen LogP) is 4.72. The largest absolute Gasteiger partial charge is 0.491 e. The van der Waals surface area contributed by atoms with E-state index in [0.717, 1.165) is 23.4 Å². The first-order valence-electron chi connectivity index (χ1n) is 10.8. The topological polar surface area (TPSA) is 27.7 Å². The third kappa shape index (κ3) is 6.69. The molecule has 3 rings (SSSR count). The van der Waals surface area contributed by atoms with E-state index in [2.05, 4.69) is 11.9 Å². The Labute approximate surface area is 184 Å². The summed E-state index contributed by atoms with van der Waals surface area (Å²) >= 11 is 0. The maximum Gasteiger partial charge on any atom is 0.133 e. The highest BCUT2D eigenvalue weighted by Gasteiger charge is 2.33. The molecule has 1 saturated heterocycles. The van der Waals surface area contributed by atoms with Gasteiger partial charge in [-0.15, -0.1) is 0 Å². The number of halogens is 2. The average Bonchev–Trinajstić information content (AvgIpc) is 2.73. The normalized spacial score (nSPS) is 19.3. The molecular formula is C25H33F2N3O. The molecule has 168 valence electrons. The lowest BCUT2D eigenvalue weighted by molar-refractivity contribution is 0.0542. The van der Waals surface area contributed by atoms with Gasteiger partial charge in [-0.05, 0) is 62.7 Å². The summed E-state index contributed by atoms with van der Waals surface area (Å²) in [4.78, 5) is 4.00. The minimum atomic E-state index is -0.981. The molecule has 0 unspecified atom stereocenters. The Morgan fingerprint density at radius 1 is 1.16 bits per heavy atom. The summed E-state index contributed by atoms with van der Waals surface area (Å²) in [6.07, 6.45) is -0.141. The number of ether oxygens (including phenoxy) is 1. The van der Waals surface area contributed by atoms with Gasteiger partial charge in [0.2, 0.25) is 0 Å². The lowest BCUT2D eigenvalue weighted by Gasteiger charge is -2.41. The van der Waals surface area contributed by atoms with Gasteiger partial charge in [0.15, 0.2) is 0 Å². The highest BCUT2D eigenvalue weighted by atomic mass is 19.1. The van der Waals surface area contributed by atoms with Crippen molar-refractivity contribution in [1.29, 1.82) is 0 Å². The van der Waals surface area contributed by atoms with E-state index in [1.165, 1.54) is 12.1 Å². The van der Waals surface area contributed by atoms with Crippen LogP contribution in [0.25, 0.3) is 0 Å². The SMILES string of the molecule is C=C(NCc1ccc(OC(C)C)cc1)N(Cc1ccc(F)cc1)[C@H]1CCN(C)C[C@H]1F. The highest BCUT2D eigenvalue weighted by Crippen LogP contribution is 2.24. The standard InChI is InChI=1S/C25H33F2N3O/c1-18(2)31-23-11-7-20(8-12-23)15-28-19(3)30(16-21-5-9-22(26)10-6-21)25-13-14-29(4)17-24(25)27/h5-12,18,24-25,28H,3,13-17H2,1-2,4H3/t24-,25+/m1/s1. The van der Waals surface area contributed by atoms with Crippen LogP contribution in [0.15, 0.2) is 60.9 Å². The van der Waals surface area contributed by atoms with Crippen molar-refractivity contribution in [3.05, 3.63) is 77.9 Å². The number of hydrogen-bond acceptors (Lipinski definition) is 4. The molecule has 2 aromatic rings. The second kappa shape index (κ2) is 10.6. The molecule has 0 bridgehead atoms. The lowest BCUT2D eigenvalue weighted by Crippen LogP contribution is -2.52. The molecule has 1 aliphatic heterocycles. The molecule has 0 amide bonds. The van der Waals surface area contributed by atoms with E-state index in [9.17, 15) is 8.78 Å². The second-order valence-electron chi connectivity index (χ2n) is 8.50. The number of alkyl halides is 1. The maximum absolute atomic E-state index is 15.0. The van der Waals surface area contributed by atoms with Gasteiger partial charge in [0.1, 0.15) is 17.7 Å². The van der Waals surface area contributed by atoms with Crippen LogP contribution in [-0.2, 0) is 13.1 Å². The Kier molecular flexibility index (Phi) is 7.91. The number of piperidine rings is 1. The average molecular weight is 430 g/mol. The third-order valence-corrected chi connectivity index (χ3v) is 5.52. The molecule has 0 aromatic heterocycles. The summed E-state index contributed by atoms with van der Waals surface area (Å²) in [6.45, 7) is 10.5. The van der Waals surface area contributed by atoms with E-state index in [1.54, 1.807) is 12.1 Å². The molecular weight excluding hydrogens is 396 g/mol. The Hall–Kier alpha value is -2.60. The molecule has 2 atom stereocenters. The summed E-state index contributed by atoms with van der Waals surface area (Å²) in [5, 5.41) is 3.36. The van der Waals surface area contributed by atoms with Gasteiger partial charge >= 0.3 is 0 Å². The van der Waals surface area contributed by atoms with Gasteiger partial charge in [0, 0.05) is 26.2 Å². The smallest absolute Gasteiger partial charge is 0.133 e. The van der Waals surface area contributed by atoms with E-state index in [-0.39, 0.29) is 18.0 Å². The van der Waals surface area contributed by atoms with Crippen LogP contribution in [0.1, 0.15) is 31.4 Å². The van der Waals surface area contributed by atoms with Gasteiger partial charge in [-0.3, -0.25) is 0 Å². The van der Waals surface area contributed by atoms with Crippen molar-refractivity contribution in [3.8, 4) is 5.75 Å². The molecule has 1 aliphatic rings. The van der Waals surface area contributed by atoms with Crippen molar-refractivity contribution in [2.75, 3.05) is 20.1 Å². The number of hydrogen-bond donors (Lipinski definition) is 1.